The maximum absolute atomic E-state index is 12.3. The van der Waals surface area contributed by atoms with Gasteiger partial charge in [-0.25, -0.2) is 0 Å². The molecule has 1 amide bonds. The zero-order valence-corrected chi connectivity index (χ0v) is 11.5. The highest BCUT2D eigenvalue weighted by atomic mass is 16.5. The molecule has 1 aromatic rings. The van der Waals surface area contributed by atoms with Crippen LogP contribution < -0.4 is 10.5 Å². The van der Waals surface area contributed by atoms with E-state index in [0.29, 0.717) is 19.0 Å². The summed E-state index contributed by atoms with van der Waals surface area (Å²) in [7, 11) is 1.64. The quantitative estimate of drug-likeness (QED) is 0.811. The smallest absolute Gasteiger partial charge is 0.227 e. The van der Waals surface area contributed by atoms with Crippen LogP contribution in [-0.4, -0.2) is 37.0 Å². The predicted octanol–water partition coefficient (Wildman–Crippen LogP) is 1.58. The zero-order chi connectivity index (χ0) is 13.7. The number of methoxy groups -OCH3 is 1. The molecule has 0 spiro atoms. The van der Waals surface area contributed by atoms with Crippen molar-refractivity contribution in [3.8, 4) is 5.75 Å². The molecule has 0 atom stereocenters. The van der Waals surface area contributed by atoms with Crippen LogP contribution in [0, 0.1) is 0 Å². The lowest BCUT2D eigenvalue weighted by atomic mass is 10.1. The summed E-state index contributed by atoms with van der Waals surface area (Å²) in [5.41, 5.74) is 6.56. The highest BCUT2D eigenvalue weighted by Crippen LogP contribution is 2.27. The number of hydrogen-bond donors (Lipinski definition) is 1. The second-order valence-corrected chi connectivity index (χ2v) is 4.99. The van der Waals surface area contributed by atoms with Crippen LogP contribution in [0.4, 0.5) is 0 Å². The summed E-state index contributed by atoms with van der Waals surface area (Å²) in [5.74, 6) is 1.03. The van der Waals surface area contributed by atoms with Gasteiger partial charge in [0.15, 0.2) is 0 Å². The van der Waals surface area contributed by atoms with E-state index < -0.39 is 0 Å². The van der Waals surface area contributed by atoms with Crippen LogP contribution in [0.2, 0.25) is 0 Å². The van der Waals surface area contributed by atoms with E-state index in [9.17, 15) is 4.79 Å². The average Bonchev–Trinajstić information content (AvgIpc) is 3.25. The van der Waals surface area contributed by atoms with Crippen molar-refractivity contribution < 1.29 is 9.53 Å². The third-order valence-electron chi connectivity index (χ3n) is 3.43. The van der Waals surface area contributed by atoms with Crippen molar-refractivity contribution in [1.29, 1.82) is 0 Å². The Labute approximate surface area is 114 Å². The third-order valence-corrected chi connectivity index (χ3v) is 3.43. The fourth-order valence-corrected chi connectivity index (χ4v) is 2.18. The molecule has 4 nitrogen and oxygen atoms in total. The van der Waals surface area contributed by atoms with Crippen molar-refractivity contribution in [3.63, 3.8) is 0 Å². The van der Waals surface area contributed by atoms with E-state index in [4.69, 9.17) is 10.5 Å². The molecule has 104 valence electrons. The number of carbonyl (C=O) groups excluding carboxylic acids is 1. The molecule has 1 aliphatic rings. The van der Waals surface area contributed by atoms with E-state index in [0.717, 1.165) is 37.1 Å². The maximum Gasteiger partial charge on any atom is 0.227 e. The summed E-state index contributed by atoms with van der Waals surface area (Å²) in [6.07, 6.45) is 3.62. The number of hydrogen-bond acceptors (Lipinski definition) is 3. The number of nitrogens with zero attached hydrogens (tertiary/aromatic N) is 1. The highest BCUT2D eigenvalue weighted by molar-refractivity contribution is 5.79. The van der Waals surface area contributed by atoms with Crippen LogP contribution in [0.5, 0.6) is 5.75 Å². The minimum absolute atomic E-state index is 0.209. The Morgan fingerprint density at radius 3 is 2.58 bits per heavy atom. The molecule has 1 saturated carbocycles. The SMILES string of the molecule is COc1ccc(CC(=O)N(CCCN)C2CC2)cc1. The number of rotatable bonds is 7. The van der Waals surface area contributed by atoms with Crippen molar-refractivity contribution in [3.05, 3.63) is 29.8 Å². The molecule has 1 aromatic carbocycles. The van der Waals surface area contributed by atoms with Crippen molar-refractivity contribution in [2.45, 2.75) is 31.7 Å². The summed E-state index contributed by atoms with van der Waals surface area (Å²) in [5, 5.41) is 0. The molecule has 0 aliphatic heterocycles. The minimum Gasteiger partial charge on any atom is -0.497 e. The van der Waals surface area contributed by atoms with Crippen molar-refractivity contribution >= 4 is 5.91 Å². The van der Waals surface area contributed by atoms with Gasteiger partial charge in [-0.1, -0.05) is 12.1 Å². The summed E-state index contributed by atoms with van der Waals surface area (Å²) in [6.45, 7) is 1.43. The Morgan fingerprint density at radius 1 is 1.37 bits per heavy atom. The second-order valence-electron chi connectivity index (χ2n) is 4.99. The van der Waals surface area contributed by atoms with Gasteiger partial charge < -0.3 is 15.4 Å². The molecule has 19 heavy (non-hydrogen) atoms. The van der Waals surface area contributed by atoms with E-state index in [1.807, 2.05) is 29.2 Å². The molecule has 2 rings (SSSR count). The Balaban J connectivity index is 1.93. The second kappa shape index (κ2) is 6.57. The van der Waals surface area contributed by atoms with Crippen molar-refractivity contribution in [1.82, 2.24) is 4.90 Å². The van der Waals surface area contributed by atoms with E-state index in [1.54, 1.807) is 7.11 Å². The van der Waals surface area contributed by atoms with E-state index in [2.05, 4.69) is 0 Å². The molecule has 0 unspecified atom stereocenters. The molecule has 1 aliphatic carbocycles. The summed E-state index contributed by atoms with van der Waals surface area (Å²) in [6, 6.07) is 8.14. The summed E-state index contributed by atoms with van der Waals surface area (Å²) in [4.78, 5) is 14.3. The highest BCUT2D eigenvalue weighted by Gasteiger charge is 2.31. The van der Waals surface area contributed by atoms with Gasteiger partial charge in [0, 0.05) is 12.6 Å². The number of carbonyl (C=O) groups is 1. The largest absolute Gasteiger partial charge is 0.497 e. The normalized spacial score (nSPS) is 14.2. The molecule has 4 heteroatoms. The first-order valence-corrected chi connectivity index (χ1v) is 6.87. The number of benzene rings is 1. The molecular formula is C15H22N2O2. The van der Waals surface area contributed by atoms with Crippen LogP contribution in [0.1, 0.15) is 24.8 Å². The first kappa shape index (κ1) is 13.9. The first-order valence-electron chi connectivity index (χ1n) is 6.87. The Bertz CT molecular complexity index is 413. The van der Waals surface area contributed by atoms with Gasteiger partial charge in [0.2, 0.25) is 5.91 Å². The average molecular weight is 262 g/mol. The van der Waals surface area contributed by atoms with Crippen molar-refractivity contribution in [2.24, 2.45) is 5.73 Å². The molecular weight excluding hydrogens is 240 g/mol. The van der Waals surface area contributed by atoms with Crippen LogP contribution >= 0.6 is 0 Å². The summed E-state index contributed by atoms with van der Waals surface area (Å²) >= 11 is 0. The third kappa shape index (κ3) is 3.96. The van der Waals surface area contributed by atoms with Crippen LogP contribution in [0.25, 0.3) is 0 Å². The van der Waals surface area contributed by atoms with Crippen LogP contribution in [-0.2, 0) is 11.2 Å². The standard InChI is InChI=1S/C15H22N2O2/c1-19-14-7-3-12(4-8-14)11-15(18)17(10-2-9-16)13-5-6-13/h3-4,7-8,13H,2,5-6,9-11,16H2,1H3. The zero-order valence-electron chi connectivity index (χ0n) is 11.5. The topological polar surface area (TPSA) is 55.6 Å². The van der Waals surface area contributed by atoms with Gasteiger partial charge in [-0.2, -0.15) is 0 Å². The molecule has 0 saturated heterocycles. The number of nitrogens with two attached hydrogens (primary N) is 1. The molecule has 1 fully saturated rings. The first-order chi connectivity index (χ1) is 9.24. The van der Waals surface area contributed by atoms with E-state index in [-0.39, 0.29) is 5.91 Å². The molecule has 0 radical (unpaired) electrons. The molecule has 0 heterocycles. The van der Waals surface area contributed by atoms with Gasteiger partial charge in [0.1, 0.15) is 5.75 Å². The van der Waals surface area contributed by atoms with Gasteiger partial charge in [-0.3, -0.25) is 4.79 Å². The fourth-order valence-electron chi connectivity index (χ4n) is 2.18. The number of ether oxygens (including phenoxy) is 1. The number of amides is 1. The van der Waals surface area contributed by atoms with Crippen LogP contribution in [0.3, 0.4) is 0 Å². The Hall–Kier alpha value is -1.55. The Morgan fingerprint density at radius 2 is 2.05 bits per heavy atom. The predicted molar refractivity (Wildman–Crippen MR) is 75.1 cm³/mol. The summed E-state index contributed by atoms with van der Waals surface area (Å²) < 4.78 is 5.11. The molecule has 0 aromatic heterocycles. The van der Waals surface area contributed by atoms with E-state index in [1.165, 1.54) is 0 Å². The lowest BCUT2D eigenvalue weighted by molar-refractivity contribution is -0.131. The molecule has 2 N–H and O–H groups in total. The van der Waals surface area contributed by atoms with Gasteiger partial charge >= 0.3 is 0 Å². The van der Waals surface area contributed by atoms with Gasteiger partial charge in [-0.05, 0) is 43.5 Å². The maximum atomic E-state index is 12.3. The lowest BCUT2D eigenvalue weighted by Gasteiger charge is -2.22. The van der Waals surface area contributed by atoms with E-state index >= 15 is 0 Å². The van der Waals surface area contributed by atoms with Crippen molar-refractivity contribution in [2.75, 3.05) is 20.2 Å². The Kier molecular flexibility index (Phi) is 4.80. The van der Waals surface area contributed by atoms with Gasteiger partial charge in [0.25, 0.3) is 0 Å². The van der Waals surface area contributed by atoms with Gasteiger partial charge in [0.05, 0.1) is 13.5 Å². The van der Waals surface area contributed by atoms with Gasteiger partial charge in [-0.15, -0.1) is 0 Å². The minimum atomic E-state index is 0.209. The monoisotopic (exact) mass is 262 g/mol. The molecule has 0 bridgehead atoms. The lowest BCUT2D eigenvalue weighted by Crippen LogP contribution is -2.36. The van der Waals surface area contributed by atoms with Crippen LogP contribution in [0.15, 0.2) is 24.3 Å². The fraction of sp³-hybridized carbons (Fsp3) is 0.533.